The van der Waals surface area contributed by atoms with E-state index in [2.05, 4.69) is 10.6 Å². The van der Waals surface area contributed by atoms with Crippen molar-refractivity contribution in [1.29, 1.82) is 0 Å². The van der Waals surface area contributed by atoms with E-state index in [1.807, 2.05) is 0 Å². The summed E-state index contributed by atoms with van der Waals surface area (Å²) in [6, 6.07) is 3.82. The predicted molar refractivity (Wildman–Crippen MR) is 61.4 cm³/mol. The maximum absolute atomic E-state index is 13.4. The molecule has 1 saturated heterocycles. The number of phenols is 1. The molecule has 92 valence electrons. The van der Waals surface area contributed by atoms with Gasteiger partial charge in [0.25, 0.3) is 5.91 Å². The molecule has 1 aliphatic rings. The summed E-state index contributed by atoms with van der Waals surface area (Å²) in [6.07, 6.45) is 1.00. The summed E-state index contributed by atoms with van der Waals surface area (Å²) in [5, 5.41) is 15.3. The molecule has 17 heavy (non-hydrogen) atoms. The van der Waals surface area contributed by atoms with Crippen LogP contribution in [0.4, 0.5) is 4.39 Å². The Kier molecular flexibility index (Phi) is 3.58. The van der Waals surface area contributed by atoms with Gasteiger partial charge in [0.2, 0.25) is 0 Å². The topological polar surface area (TPSA) is 61.4 Å². The normalized spacial score (nSPS) is 19.2. The third-order valence-electron chi connectivity index (χ3n) is 2.93. The van der Waals surface area contributed by atoms with Crippen molar-refractivity contribution in [2.75, 3.05) is 19.6 Å². The lowest BCUT2D eigenvalue weighted by atomic mass is 10.1. The van der Waals surface area contributed by atoms with Gasteiger partial charge in [-0.3, -0.25) is 4.79 Å². The summed E-state index contributed by atoms with van der Waals surface area (Å²) in [7, 11) is 0. The van der Waals surface area contributed by atoms with Crippen LogP contribution in [0.2, 0.25) is 0 Å². The highest BCUT2D eigenvalue weighted by Gasteiger charge is 2.19. The zero-order valence-electron chi connectivity index (χ0n) is 9.37. The number of hydrogen-bond acceptors (Lipinski definition) is 3. The lowest BCUT2D eigenvalue weighted by molar-refractivity contribution is 0.0941. The number of aromatic hydroxyl groups is 1. The minimum absolute atomic E-state index is 0.279. The SMILES string of the molecule is O=C(NCC1CCNC1)c1c(O)cccc1F. The van der Waals surface area contributed by atoms with Crippen LogP contribution in [0.25, 0.3) is 0 Å². The lowest BCUT2D eigenvalue weighted by Gasteiger charge is -2.11. The van der Waals surface area contributed by atoms with Gasteiger partial charge in [0.1, 0.15) is 17.1 Å². The minimum Gasteiger partial charge on any atom is -0.507 e. The van der Waals surface area contributed by atoms with Crippen molar-refractivity contribution >= 4 is 5.91 Å². The van der Waals surface area contributed by atoms with E-state index in [-0.39, 0.29) is 11.3 Å². The van der Waals surface area contributed by atoms with E-state index in [9.17, 15) is 14.3 Å². The average molecular weight is 238 g/mol. The number of benzene rings is 1. The highest BCUT2D eigenvalue weighted by atomic mass is 19.1. The van der Waals surface area contributed by atoms with Crippen molar-refractivity contribution in [2.45, 2.75) is 6.42 Å². The standard InChI is InChI=1S/C12H15FN2O2/c13-9-2-1-3-10(16)11(9)12(17)15-7-8-4-5-14-6-8/h1-3,8,14,16H,4-7H2,(H,15,17). The second-order valence-corrected chi connectivity index (χ2v) is 4.20. The Morgan fingerprint density at radius 1 is 1.59 bits per heavy atom. The molecule has 1 aromatic carbocycles. The van der Waals surface area contributed by atoms with Gasteiger partial charge >= 0.3 is 0 Å². The number of carbonyl (C=O) groups is 1. The molecule has 0 aliphatic carbocycles. The largest absolute Gasteiger partial charge is 0.507 e. The van der Waals surface area contributed by atoms with Gasteiger partial charge in [-0.2, -0.15) is 0 Å². The first-order valence-electron chi connectivity index (χ1n) is 5.65. The van der Waals surface area contributed by atoms with Crippen LogP contribution in [0.15, 0.2) is 18.2 Å². The van der Waals surface area contributed by atoms with Crippen LogP contribution >= 0.6 is 0 Å². The first kappa shape index (κ1) is 11.9. The van der Waals surface area contributed by atoms with Crippen LogP contribution in [0.5, 0.6) is 5.75 Å². The fourth-order valence-corrected chi connectivity index (χ4v) is 1.95. The highest BCUT2D eigenvalue weighted by Crippen LogP contribution is 2.19. The average Bonchev–Trinajstić information content (AvgIpc) is 2.79. The second kappa shape index (κ2) is 5.14. The Labute approximate surface area is 98.8 Å². The number of carbonyl (C=O) groups excluding carboxylic acids is 1. The summed E-state index contributed by atoms with van der Waals surface area (Å²) < 4.78 is 13.4. The number of nitrogens with one attached hydrogen (secondary N) is 2. The smallest absolute Gasteiger partial charge is 0.258 e. The Balaban J connectivity index is 1.99. The lowest BCUT2D eigenvalue weighted by Crippen LogP contribution is -2.30. The molecule has 0 saturated carbocycles. The number of rotatable bonds is 3. The fourth-order valence-electron chi connectivity index (χ4n) is 1.95. The molecule has 1 aromatic rings. The summed E-state index contributed by atoms with van der Waals surface area (Å²) in [4.78, 5) is 11.7. The second-order valence-electron chi connectivity index (χ2n) is 4.20. The Hall–Kier alpha value is -1.62. The molecule has 0 aromatic heterocycles. The number of halogens is 1. The third-order valence-corrected chi connectivity index (χ3v) is 2.93. The Morgan fingerprint density at radius 3 is 3.06 bits per heavy atom. The van der Waals surface area contributed by atoms with Gasteiger partial charge in [0.05, 0.1) is 0 Å². The maximum Gasteiger partial charge on any atom is 0.258 e. The molecular formula is C12H15FN2O2. The molecule has 2 rings (SSSR count). The molecule has 1 heterocycles. The number of amides is 1. The number of phenolic OH excluding ortho intramolecular Hbond substituents is 1. The van der Waals surface area contributed by atoms with E-state index in [0.717, 1.165) is 25.6 Å². The van der Waals surface area contributed by atoms with Crippen LogP contribution in [0, 0.1) is 11.7 Å². The van der Waals surface area contributed by atoms with Crippen LogP contribution < -0.4 is 10.6 Å². The van der Waals surface area contributed by atoms with Gasteiger partial charge in [0.15, 0.2) is 0 Å². The quantitative estimate of drug-likeness (QED) is 0.732. The molecule has 1 aliphatic heterocycles. The van der Waals surface area contributed by atoms with Gasteiger partial charge in [-0.05, 0) is 37.6 Å². The molecule has 4 nitrogen and oxygen atoms in total. The summed E-state index contributed by atoms with van der Waals surface area (Å²) in [6.45, 7) is 2.31. The fraction of sp³-hybridized carbons (Fsp3) is 0.417. The van der Waals surface area contributed by atoms with Crippen molar-refractivity contribution in [3.8, 4) is 5.75 Å². The van der Waals surface area contributed by atoms with Crippen molar-refractivity contribution < 1.29 is 14.3 Å². The molecular weight excluding hydrogens is 223 g/mol. The molecule has 0 spiro atoms. The maximum atomic E-state index is 13.4. The Morgan fingerprint density at radius 2 is 2.41 bits per heavy atom. The molecule has 3 N–H and O–H groups in total. The van der Waals surface area contributed by atoms with Gasteiger partial charge in [-0.25, -0.2) is 4.39 Å². The van der Waals surface area contributed by atoms with Crippen molar-refractivity contribution in [1.82, 2.24) is 10.6 Å². The molecule has 1 amide bonds. The Bertz CT molecular complexity index is 397. The van der Waals surface area contributed by atoms with E-state index < -0.39 is 11.7 Å². The minimum atomic E-state index is -0.702. The van der Waals surface area contributed by atoms with E-state index in [0.29, 0.717) is 12.5 Å². The van der Waals surface area contributed by atoms with E-state index >= 15 is 0 Å². The molecule has 0 radical (unpaired) electrons. The molecule has 1 unspecified atom stereocenters. The van der Waals surface area contributed by atoms with Gasteiger partial charge < -0.3 is 15.7 Å². The predicted octanol–water partition coefficient (Wildman–Crippen LogP) is 0.871. The van der Waals surface area contributed by atoms with Crippen molar-refractivity contribution in [3.05, 3.63) is 29.6 Å². The zero-order chi connectivity index (χ0) is 12.3. The summed E-state index contributed by atoms with van der Waals surface area (Å²) in [5.41, 5.74) is -0.279. The van der Waals surface area contributed by atoms with Crippen LogP contribution in [0.1, 0.15) is 16.8 Å². The monoisotopic (exact) mass is 238 g/mol. The third kappa shape index (κ3) is 2.74. The van der Waals surface area contributed by atoms with E-state index in [4.69, 9.17) is 0 Å². The molecule has 0 bridgehead atoms. The molecule has 5 heteroatoms. The first-order valence-corrected chi connectivity index (χ1v) is 5.65. The zero-order valence-corrected chi connectivity index (χ0v) is 9.37. The highest BCUT2D eigenvalue weighted by molar-refractivity contribution is 5.97. The van der Waals surface area contributed by atoms with Crippen molar-refractivity contribution in [3.63, 3.8) is 0 Å². The van der Waals surface area contributed by atoms with Crippen LogP contribution in [0.3, 0.4) is 0 Å². The van der Waals surface area contributed by atoms with Gasteiger partial charge in [-0.1, -0.05) is 6.07 Å². The summed E-state index contributed by atoms with van der Waals surface area (Å²) >= 11 is 0. The van der Waals surface area contributed by atoms with Crippen LogP contribution in [-0.4, -0.2) is 30.6 Å². The van der Waals surface area contributed by atoms with E-state index in [1.54, 1.807) is 0 Å². The molecule has 1 fully saturated rings. The number of hydrogen-bond donors (Lipinski definition) is 3. The van der Waals surface area contributed by atoms with Crippen molar-refractivity contribution in [2.24, 2.45) is 5.92 Å². The first-order chi connectivity index (χ1) is 8.18. The van der Waals surface area contributed by atoms with Gasteiger partial charge in [0, 0.05) is 6.54 Å². The van der Waals surface area contributed by atoms with Crippen LogP contribution in [-0.2, 0) is 0 Å². The van der Waals surface area contributed by atoms with Gasteiger partial charge in [-0.15, -0.1) is 0 Å². The molecule has 1 atom stereocenters. The summed E-state index contributed by atoms with van der Waals surface area (Å²) in [5.74, 6) is -1.21. The van der Waals surface area contributed by atoms with E-state index in [1.165, 1.54) is 12.1 Å².